The average molecular weight is 248 g/mol. The summed E-state index contributed by atoms with van der Waals surface area (Å²) < 4.78 is 5.47. The van der Waals surface area contributed by atoms with Crippen LogP contribution in [0.25, 0.3) is 0 Å². The molecule has 2 nitrogen and oxygen atoms in total. The fraction of sp³-hybridized carbons (Fsp3) is 0.812. The molecule has 4 atom stereocenters. The van der Waals surface area contributed by atoms with Crippen molar-refractivity contribution >= 4 is 5.97 Å². The van der Waals surface area contributed by atoms with Gasteiger partial charge in [0.2, 0.25) is 0 Å². The van der Waals surface area contributed by atoms with Crippen LogP contribution in [0.3, 0.4) is 0 Å². The Morgan fingerprint density at radius 3 is 2.94 bits per heavy atom. The van der Waals surface area contributed by atoms with Gasteiger partial charge in [0.25, 0.3) is 0 Å². The second-order valence-corrected chi connectivity index (χ2v) is 6.80. The van der Waals surface area contributed by atoms with Crippen molar-refractivity contribution in [3.63, 3.8) is 0 Å². The third-order valence-corrected chi connectivity index (χ3v) is 6.24. The van der Waals surface area contributed by atoms with Gasteiger partial charge in [0, 0.05) is 5.92 Å². The van der Waals surface area contributed by atoms with E-state index in [9.17, 15) is 4.79 Å². The summed E-state index contributed by atoms with van der Waals surface area (Å²) >= 11 is 0. The van der Waals surface area contributed by atoms with Crippen LogP contribution in [0.2, 0.25) is 0 Å². The van der Waals surface area contributed by atoms with Crippen LogP contribution in [0, 0.1) is 22.7 Å². The van der Waals surface area contributed by atoms with Gasteiger partial charge in [-0.1, -0.05) is 38.8 Å². The van der Waals surface area contributed by atoms with E-state index in [2.05, 4.69) is 20.4 Å². The molecule has 2 aliphatic carbocycles. The molecule has 0 N–H and O–H groups in total. The Balaban J connectivity index is 2.08. The number of rotatable bonds is 1. The normalized spacial score (nSPS) is 47.4. The number of carbonyl (C=O) groups excluding carboxylic acids is 1. The topological polar surface area (TPSA) is 26.3 Å². The Bertz CT molecular complexity index is 400. The summed E-state index contributed by atoms with van der Waals surface area (Å²) in [7, 11) is 0. The smallest absolute Gasteiger partial charge is 0.313 e. The molecule has 3 fully saturated rings. The largest absolute Gasteiger partial charge is 0.465 e. The van der Waals surface area contributed by atoms with Crippen LogP contribution < -0.4 is 0 Å². The highest BCUT2D eigenvalue weighted by molar-refractivity contribution is 5.81. The van der Waals surface area contributed by atoms with Crippen LogP contribution in [-0.2, 0) is 9.53 Å². The summed E-state index contributed by atoms with van der Waals surface area (Å²) in [6.45, 7) is 9.47. The molecular weight excluding hydrogens is 224 g/mol. The number of esters is 1. The predicted octanol–water partition coefficient (Wildman–Crippen LogP) is 3.71. The van der Waals surface area contributed by atoms with Crippen molar-refractivity contribution in [2.24, 2.45) is 22.7 Å². The quantitative estimate of drug-likeness (QED) is 0.522. The average Bonchev–Trinajstić information content (AvgIpc) is 2.68. The summed E-state index contributed by atoms with van der Waals surface area (Å²) in [5, 5.41) is 0. The molecule has 2 heteroatoms. The maximum Gasteiger partial charge on any atom is 0.313 e. The van der Waals surface area contributed by atoms with E-state index in [1.165, 1.54) is 24.8 Å². The summed E-state index contributed by atoms with van der Waals surface area (Å²) in [5.74, 6) is 0.891. The molecule has 2 saturated carbocycles. The first kappa shape index (κ1) is 12.3. The maximum absolute atomic E-state index is 12.5. The highest BCUT2D eigenvalue weighted by atomic mass is 16.5. The van der Waals surface area contributed by atoms with E-state index >= 15 is 0 Å². The molecule has 3 unspecified atom stereocenters. The van der Waals surface area contributed by atoms with Gasteiger partial charge in [0.05, 0.1) is 12.0 Å². The third-order valence-electron chi connectivity index (χ3n) is 6.24. The number of ether oxygens (including phenoxy) is 1. The minimum Gasteiger partial charge on any atom is -0.465 e. The first-order valence-corrected chi connectivity index (χ1v) is 7.39. The lowest BCUT2D eigenvalue weighted by Crippen LogP contribution is -2.53. The van der Waals surface area contributed by atoms with E-state index in [-0.39, 0.29) is 11.4 Å². The number of hydrogen-bond acceptors (Lipinski definition) is 2. The molecule has 0 aromatic heterocycles. The molecule has 0 aromatic rings. The summed E-state index contributed by atoms with van der Waals surface area (Å²) in [6.07, 6.45) is 6.85. The van der Waals surface area contributed by atoms with Gasteiger partial charge < -0.3 is 4.74 Å². The minimum absolute atomic E-state index is 0.0812. The lowest BCUT2D eigenvalue weighted by molar-refractivity contribution is -0.158. The van der Waals surface area contributed by atoms with Crippen molar-refractivity contribution in [2.75, 3.05) is 6.61 Å². The molecule has 3 rings (SSSR count). The molecule has 0 radical (unpaired) electrons. The first-order chi connectivity index (χ1) is 8.54. The summed E-state index contributed by atoms with van der Waals surface area (Å²) in [6, 6.07) is 0. The van der Waals surface area contributed by atoms with Crippen LogP contribution >= 0.6 is 0 Å². The van der Waals surface area contributed by atoms with E-state index in [1.807, 2.05) is 0 Å². The van der Waals surface area contributed by atoms with Crippen LogP contribution in [0.1, 0.15) is 52.4 Å². The van der Waals surface area contributed by atoms with Crippen molar-refractivity contribution in [1.29, 1.82) is 0 Å². The molecule has 0 bridgehead atoms. The van der Waals surface area contributed by atoms with E-state index in [0.717, 1.165) is 19.3 Å². The lowest BCUT2D eigenvalue weighted by atomic mass is 9.47. The Hall–Kier alpha value is -0.790. The second-order valence-electron chi connectivity index (χ2n) is 6.80. The van der Waals surface area contributed by atoms with Gasteiger partial charge in [0.15, 0.2) is 0 Å². The van der Waals surface area contributed by atoms with Gasteiger partial charge in [-0.3, -0.25) is 4.79 Å². The zero-order valence-corrected chi connectivity index (χ0v) is 11.6. The molecule has 0 aromatic carbocycles. The van der Waals surface area contributed by atoms with Crippen LogP contribution in [0.15, 0.2) is 12.2 Å². The van der Waals surface area contributed by atoms with Gasteiger partial charge >= 0.3 is 5.97 Å². The summed E-state index contributed by atoms with van der Waals surface area (Å²) in [4.78, 5) is 12.5. The highest BCUT2D eigenvalue weighted by Gasteiger charge is 2.64. The summed E-state index contributed by atoms with van der Waals surface area (Å²) in [5.41, 5.74) is 1.37. The molecule has 0 amide bonds. The zero-order valence-electron chi connectivity index (χ0n) is 11.6. The monoisotopic (exact) mass is 248 g/mol. The number of hydrogen-bond donors (Lipinski definition) is 0. The minimum atomic E-state index is -0.210. The lowest BCUT2D eigenvalue weighted by Gasteiger charge is -2.55. The predicted molar refractivity (Wildman–Crippen MR) is 71.0 cm³/mol. The van der Waals surface area contributed by atoms with Crippen molar-refractivity contribution < 1.29 is 9.53 Å². The molecule has 1 heterocycles. The Labute approximate surface area is 110 Å². The molecule has 1 aliphatic heterocycles. The molecule has 3 aliphatic rings. The van der Waals surface area contributed by atoms with E-state index < -0.39 is 0 Å². The molecule has 1 spiro atoms. The first-order valence-electron chi connectivity index (χ1n) is 7.39. The molecule has 18 heavy (non-hydrogen) atoms. The third kappa shape index (κ3) is 1.32. The van der Waals surface area contributed by atoms with Crippen LogP contribution in [0.4, 0.5) is 0 Å². The van der Waals surface area contributed by atoms with Gasteiger partial charge in [-0.15, -0.1) is 0 Å². The van der Waals surface area contributed by atoms with E-state index in [1.54, 1.807) is 0 Å². The zero-order chi connectivity index (χ0) is 13.0. The van der Waals surface area contributed by atoms with Crippen LogP contribution in [-0.4, -0.2) is 12.6 Å². The Kier molecular flexibility index (Phi) is 2.62. The van der Waals surface area contributed by atoms with Gasteiger partial charge in [-0.2, -0.15) is 0 Å². The van der Waals surface area contributed by atoms with Crippen molar-refractivity contribution in [3.05, 3.63) is 12.2 Å². The van der Waals surface area contributed by atoms with E-state index in [4.69, 9.17) is 4.74 Å². The van der Waals surface area contributed by atoms with Gasteiger partial charge in [0.1, 0.15) is 0 Å². The molecule has 1 saturated heterocycles. The fourth-order valence-electron chi connectivity index (χ4n) is 5.02. The van der Waals surface area contributed by atoms with Crippen molar-refractivity contribution in [2.45, 2.75) is 52.4 Å². The standard InChI is InChI=1S/C16H24O2/c1-4-15(3)8-5-9-16-12(10-18-14(16)17)11(2)6-7-13(15)16/h12-13H,2,4-10H2,1,3H3/t12?,13?,15-,16?/m1/s1. The van der Waals surface area contributed by atoms with Crippen molar-refractivity contribution in [1.82, 2.24) is 0 Å². The SMILES string of the molecule is C=C1CCC2C3(CCC[C@@]2(C)CC)C(=O)OCC13. The maximum atomic E-state index is 12.5. The van der Waals surface area contributed by atoms with Gasteiger partial charge in [-0.25, -0.2) is 0 Å². The van der Waals surface area contributed by atoms with Crippen molar-refractivity contribution in [3.8, 4) is 0 Å². The van der Waals surface area contributed by atoms with E-state index in [0.29, 0.717) is 23.9 Å². The molecule has 100 valence electrons. The fourth-order valence-corrected chi connectivity index (χ4v) is 5.02. The second kappa shape index (κ2) is 3.85. The van der Waals surface area contributed by atoms with Gasteiger partial charge in [-0.05, 0) is 37.0 Å². The Morgan fingerprint density at radius 1 is 1.44 bits per heavy atom. The number of cyclic esters (lactones) is 1. The highest BCUT2D eigenvalue weighted by Crippen LogP contribution is 2.64. The number of carbonyl (C=O) groups is 1. The van der Waals surface area contributed by atoms with Crippen LogP contribution in [0.5, 0.6) is 0 Å². The Morgan fingerprint density at radius 2 is 2.22 bits per heavy atom. The molecular formula is C16H24O2.